The molecule has 1 heterocycles. The summed E-state index contributed by atoms with van der Waals surface area (Å²) in [5, 5.41) is 0. The highest BCUT2D eigenvalue weighted by molar-refractivity contribution is 4.81. The van der Waals surface area contributed by atoms with Gasteiger partial charge in [0.25, 0.3) is 0 Å². The molecule has 1 fully saturated rings. The second kappa shape index (κ2) is 3.75. The fourth-order valence-corrected chi connectivity index (χ4v) is 1.89. The molecule has 2 heteroatoms. The number of rotatable bonds is 0. The lowest BCUT2D eigenvalue weighted by Gasteiger charge is -2.38. The molecule has 0 aliphatic carbocycles. The van der Waals surface area contributed by atoms with Gasteiger partial charge in [0, 0.05) is 24.7 Å². The fourth-order valence-electron chi connectivity index (χ4n) is 1.89. The first-order valence-corrected chi connectivity index (χ1v) is 4.86. The molecule has 0 aromatic heterocycles. The predicted molar refractivity (Wildman–Crippen MR) is 51.4 cm³/mol. The lowest BCUT2D eigenvalue weighted by molar-refractivity contribution is 0.0859. The van der Waals surface area contributed by atoms with E-state index in [0.717, 1.165) is 26.2 Å². The molecule has 0 N–H and O–H groups in total. The maximum atomic E-state index is 5.45. The molecule has 0 spiro atoms. The number of hydrogen-bond acceptors (Lipinski definition) is 2. The van der Waals surface area contributed by atoms with E-state index < -0.39 is 0 Å². The van der Waals surface area contributed by atoms with Gasteiger partial charge in [0.05, 0.1) is 6.61 Å². The van der Waals surface area contributed by atoms with Gasteiger partial charge >= 0.3 is 0 Å². The molecule has 0 radical (unpaired) electrons. The van der Waals surface area contributed by atoms with Crippen LogP contribution in [0.4, 0.5) is 0 Å². The van der Waals surface area contributed by atoms with Crippen LogP contribution >= 0.6 is 0 Å². The van der Waals surface area contributed by atoms with Crippen LogP contribution in [0, 0.1) is 0 Å². The Morgan fingerprint density at radius 1 is 1.25 bits per heavy atom. The standard InChI is InChI=1S/C10H21NO/c1-9-5-7-12-8-6-11(9)10(2,3)4/h9H,5-8H2,1-4H3/t9-/m0/s1. The Morgan fingerprint density at radius 3 is 2.50 bits per heavy atom. The minimum absolute atomic E-state index is 0.285. The normalized spacial score (nSPS) is 28.5. The van der Waals surface area contributed by atoms with Crippen molar-refractivity contribution in [1.29, 1.82) is 0 Å². The summed E-state index contributed by atoms with van der Waals surface area (Å²) in [4.78, 5) is 2.53. The molecule has 72 valence electrons. The van der Waals surface area contributed by atoms with E-state index in [2.05, 4.69) is 32.6 Å². The number of ether oxygens (including phenoxy) is 1. The van der Waals surface area contributed by atoms with Crippen LogP contribution in [0.3, 0.4) is 0 Å². The van der Waals surface area contributed by atoms with Gasteiger partial charge in [-0.25, -0.2) is 0 Å². The Hall–Kier alpha value is -0.0800. The minimum Gasteiger partial charge on any atom is -0.380 e. The van der Waals surface area contributed by atoms with Gasteiger partial charge in [0.2, 0.25) is 0 Å². The van der Waals surface area contributed by atoms with Crippen molar-refractivity contribution >= 4 is 0 Å². The van der Waals surface area contributed by atoms with Crippen molar-refractivity contribution in [2.75, 3.05) is 19.8 Å². The third kappa shape index (κ3) is 2.46. The zero-order valence-corrected chi connectivity index (χ0v) is 8.76. The van der Waals surface area contributed by atoms with Crippen LogP contribution < -0.4 is 0 Å². The monoisotopic (exact) mass is 171 g/mol. The lowest BCUT2D eigenvalue weighted by atomic mass is 10.0. The van der Waals surface area contributed by atoms with Crippen molar-refractivity contribution in [3.63, 3.8) is 0 Å². The third-order valence-corrected chi connectivity index (χ3v) is 2.55. The number of hydrogen-bond donors (Lipinski definition) is 0. The van der Waals surface area contributed by atoms with E-state index in [1.165, 1.54) is 0 Å². The third-order valence-electron chi connectivity index (χ3n) is 2.55. The highest BCUT2D eigenvalue weighted by Crippen LogP contribution is 2.20. The van der Waals surface area contributed by atoms with E-state index in [-0.39, 0.29) is 5.54 Å². The van der Waals surface area contributed by atoms with Crippen LogP contribution in [0.1, 0.15) is 34.1 Å². The smallest absolute Gasteiger partial charge is 0.0593 e. The average Bonchev–Trinajstić information content (AvgIpc) is 2.11. The van der Waals surface area contributed by atoms with Gasteiger partial charge in [-0.2, -0.15) is 0 Å². The Morgan fingerprint density at radius 2 is 1.92 bits per heavy atom. The largest absolute Gasteiger partial charge is 0.380 e. The summed E-state index contributed by atoms with van der Waals surface area (Å²) in [6, 6.07) is 0.660. The minimum atomic E-state index is 0.285. The Labute approximate surface area is 75.9 Å². The Kier molecular flexibility index (Phi) is 3.13. The van der Waals surface area contributed by atoms with Gasteiger partial charge in [-0.3, -0.25) is 4.90 Å². The quantitative estimate of drug-likeness (QED) is 0.552. The van der Waals surface area contributed by atoms with Crippen molar-refractivity contribution in [3.8, 4) is 0 Å². The van der Waals surface area contributed by atoms with Crippen LogP contribution in [0.2, 0.25) is 0 Å². The van der Waals surface area contributed by atoms with Crippen molar-refractivity contribution in [1.82, 2.24) is 4.90 Å². The molecule has 1 atom stereocenters. The zero-order chi connectivity index (χ0) is 9.19. The molecule has 1 saturated heterocycles. The van der Waals surface area contributed by atoms with Gasteiger partial charge in [-0.1, -0.05) is 0 Å². The SMILES string of the molecule is C[C@H]1CCOCCN1C(C)(C)C. The summed E-state index contributed by atoms with van der Waals surface area (Å²) in [7, 11) is 0. The zero-order valence-electron chi connectivity index (χ0n) is 8.76. The first-order valence-electron chi connectivity index (χ1n) is 4.86. The summed E-state index contributed by atoms with van der Waals surface area (Å²) in [5.74, 6) is 0. The van der Waals surface area contributed by atoms with Crippen molar-refractivity contribution in [2.45, 2.75) is 45.7 Å². The van der Waals surface area contributed by atoms with Crippen LogP contribution in [0.5, 0.6) is 0 Å². The predicted octanol–water partition coefficient (Wildman–Crippen LogP) is 1.90. The van der Waals surface area contributed by atoms with E-state index in [0.29, 0.717) is 6.04 Å². The fraction of sp³-hybridized carbons (Fsp3) is 1.00. The molecule has 1 rings (SSSR count). The van der Waals surface area contributed by atoms with Gasteiger partial charge in [-0.05, 0) is 34.1 Å². The molecule has 1 aliphatic heterocycles. The summed E-state index contributed by atoms with van der Waals surface area (Å²) < 4.78 is 5.45. The topological polar surface area (TPSA) is 12.5 Å². The van der Waals surface area contributed by atoms with Gasteiger partial charge in [-0.15, -0.1) is 0 Å². The molecule has 0 bridgehead atoms. The first kappa shape index (κ1) is 10.0. The molecule has 0 saturated carbocycles. The van der Waals surface area contributed by atoms with Crippen LogP contribution in [-0.4, -0.2) is 36.2 Å². The van der Waals surface area contributed by atoms with Gasteiger partial charge in [0.15, 0.2) is 0 Å². The summed E-state index contributed by atoms with van der Waals surface area (Å²) in [5.41, 5.74) is 0.285. The molecule has 0 amide bonds. The average molecular weight is 171 g/mol. The van der Waals surface area contributed by atoms with Crippen molar-refractivity contribution in [2.24, 2.45) is 0 Å². The van der Waals surface area contributed by atoms with E-state index >= 15 is 0 Å². The van der Waals surface area contributed by atoms with Crippen LogP contribution in [0.25, 0.3) is 0 Å². The molecular weight excluding hydrogens is 150 g/mol. The number of nitrogens with zero attached hydrogens (tertiary/aromatic N) is 1. The van der Waals surface area contributed by atoms with E-state index in [1.807, 2.05) is 0 Å². The van der Waals surface area contributed by atoms with Gasteiger partial charge in [0.1, 0.15) is 0 Å². The molecule has 0 aromatic carbocycles. The lowest BCUT2D eigenvalue weighted by Crippen LogP contribution is -2.47. The van der Waals surface area contributed by atoms with Crippen molar-refractivity contribution in [3.05, 3.63) is 0 Å². The Balaban J connectivity index is 2.59. The molecule has 0 unspecified atom stereocenters. The van der Waals surface area contributed by atoms with Crippen LogP contribution in [-0.2, 0) is 4.74 Å². The molecule has 1 aliphatic rings. The molecular formula is C10H21NO. The first-order chi connectivity index (χ1) is 5.52. The summed E-state index contributed by atoms with van der Waals surface area (Å²) >= 11 is 0. The van der Waals surface area contributed by atoms with Crippen molar-refractivity contribution < 1.29 is 4.74 Å². The second-order valence-corrected chi connectivity index (χ2v) is 4.61. The maximum Gasteiger partial charge on any atom is 0.0593 e. The van der Waals surface area contributed by atoms with Gasteiger partial charge < -0.3 is 4.74 Å². The second-order valence-electron chi connectivity index (χ2n) is 4.61. The molecule has 2 nitrogen and oxygen atoms in total. The van der Waals surface area contributed by atoms with E-state index in [9.17, 15) is 0 Å². The van der Waals surface area contributed by atoms with E-state index in [4.69, 9.17) is 4.74 Å². The molecule has 12 heavy (non-hydrogen) atoms. The maximum absolute atomic E-state index is 5.45. The molecule has 0 aromatic rings. The summed E-state index contributed by atoms with van der Waals surface area (Å²) in [6.07, 6.45) is 1.16. The summed E-state index contributed by atoms with van der Waals surface area (Å²) in [6.45, 7) is 12.0. The Bertz CT molecular complexity index is 139. The van der Waals surface area contributed by atoms with Crippen LogP contribution in [0.15, 0.2) is 0 Å². The highest BCUT2D eigenvalue weighted by atomic mass is 16.5. The highest BCUT2D eigenvalue weighted by Gasteiger charge is 2.27. The van der Waals surface area contributed by atoms with E-state index in [1.54, 1.807) is 0 Å².